The SMILES string of the molecule is COc1cc2c(cc1OC)/C(=C(\NC(=O)c1ccccc1)C(=S)SC)NCC2. The number of methoxy groups -OCH3 is 2. The van der Waals surface area contributed by atoms with E-state index >= 15 is 0 Å². The predicted octanol–water partition coefficient (Wildman–Crippen LogP) is 3.64. The predicted molar refractivity (Wildman–Crippen MR) is 118 cm³/mol. The quantitative estimate of drug-likeness (QED) is 0.576. The van der Waals surface area contributed by atoms with Crippen molar-refractivity contribution in [3.8, 4) is 11.5 Å². The molecule has 146 valence electrons. The lowest BCUT2D eigenvalue weighted by Gasteiger charge is -2.26. The number of nitrogens with one attached hydrogen (secondary N) is 2. The molecule has 0 saturated carbocycles. The molecule has 2 N–H and O–H groups in total. The molecule has 0 unspecified atom stereocenters. The maximum atomic E-state index is 12.8. The Morgan fingerprint density at radius 1 is 1.14 bits per heavy atom. The van der Waals surface area contributed by atoms with Gasteiger partial charge in [-0.2, -0.15) is 0 Å². The number of benzene rings is 2. The van der Waals surface area contributed by atoms with E-state index < -0.39 is 0 Å². The Morgan fingerprint density at radius 3 is 2.46 bits per heavy atom. The average molecular weight is 415 g/mol. The van der Waals surface area contributed by atoms with Crippen LogP contribution in [0.5, 0.6) is 11.5 Å². The van der Waals surface area contributed by atoms with E-state index in [2.05, 4.69) is 10.6 Å². The first kappa shape index (κ1) is 20.2. The lowest BCUT2D eigenvalue weighted by atomic mass is 9.96. The maximum absolute atomic E-state index is 12.8. The van der Waals surface area contributed by atoms with Crippen LogP contribution in [0.1, 0.15) is 21.5 Å². The van der Waals surface area contributed by atoms with Crippen molar-refractivity contribution in [2.75, 3.05) is 27.0 Å². The number of amides is 1. The van der Waals surface area contributed by atoms with Crippen molar-refractivity contribution >= 4 is 39.8 Å². The van der Waals surface area contributed by atoms with Gasteiger partial charge >= 0.3 is 0 Å². The van der Waals surface area contributed by atoms with Gasteiger partial charge in [-0.15, -0.1) is 11.8 Å². The van der Waals surface area contributed by atoms with E-state index in [1.54, 1.807) is 26.4 Å². The normalized spacial score (nSPS) is 14.4. The van der Waals surface area contributed by atoms with Gasteiger partial charge in [-0.1, -0.05) is 30.4 Å². The number of thiocarbonyl (C=S) groups is 1. The Kier molecular flexibility index (Phi) is 6.59. The molecule has 7 heteroatoms. The second kappa shape index (κ2) is 9.12. The molecule has 0 fully saturated rings. The number of carbonyl (C=O) groups excluding carboxylic acids is 1. The zero-order chi connectivity index (χ0) is 20.1. The summed E-state index contributed by atoms with van der Waals surface area (Å²) in [7, 11) is 3.23. The first-order valence-electron chi connectivity index (χ1n) is 8.77. The summed E-state index contributed by atoms with van der Waals surface area (Å²) in [5.41, 5.74) is 4.04. The minimum Gasteiger partial charge on any atom is -0.493 e. The fourth-order valence-corrected chi connectivity index (χ4v) is 3.60. The van der Waals surface area contributed by atoms with Crippen LogP contribution in [0.25, 0.3) is 5.70 Å². The summed E-state index contributed by atoms with van der Waals surface area (Å²) in [4.78, 5) is 12.8. The molecule has 5 nitrogen and oxygen atoms in total. The summed E-state index contributed by atoms with van der Waals surface area (Å²) in [6.07, 6.45) is 2.74. The number of carbonyl (C=O) groups is 1. The molecule has 1 aliphatic heterocycles. The number of thioether (sulfide) groups is 1. The lowest BCUT2D eigenvalue weighted by Crippen LogP contribution is -2.32. The van der Waals surface area contributed by atoms with E-state index in [9.17, 15) is 4.79 Å². The molecular formula is C21H22N2O3S2. The van der Waals surface area contributed by atoms with Gasteiger partial charge in [-0.05, 0) is 42.5 Å². The van der Waals surface area contributed by atoms with E-state index in [-0.39, 0.29) is 5.91 Å². The Hall–Kier alpha value is -2.51. The topological polar surface area (TPSA) is 59.6 Å². The Bertz CT molecular complexity index is 927. The van der Waals surface area contributed by atoms with Gasteiger partial charge in [0.2, 0.25) is 0 Å². The molecule has 2 aromatic rings. The van der Waals surface area contributed by atoms with Crippen molar-refractivity contribution in [3.05, 3.63) is 64.9 Å². The number of hydrogen-bond donors (Lipinski definition) is 2. The molecule has 28 heavy (non-hydrogen) atoms. The van der Waals surface area contributed by atoms with Crippen molar-refractivity contribution in [1.29, 1.82) is 0 Å². The molecule has 0 saturated heterocycles. The van der Waals surface area contributed by atoms with Gasteiger partial charge in [0, 0.05) is 17.7 Å². The highest BCUT2D eigenvalue weighted by atomic mass is 32.2. The van der Waals surface area contributed by atoms with Gasteiger partial charge in [0.1, 0.15) is 0 Å². The van der Waals surface area contributed by atoms with Gasteiger partial charge in [-0.25, -0.2) is 0 Å². The summed E-state index contributed by atoms with van der Waals surface area (Å²) in [5.74, 6) is 1.12. The molecule has 3 rings (SSSR count). The van der Waals surface area contributed by atoms with E-state index in [0.29, 0.717) is 27.0 Å². The van der Waals surface area contributed by atoms with Crippen LogP contribution in [0.3, 0.4) is 0 Å². The van der Waals surface area contributed by atoms with Gasteiger partial charge < -0.3 is 20.1 Å². The zero-order valence-corrected chi connectivity index (χ0v) is 17.6. The Labute approximate surface area is 174 Å². The van der Waals surface area contributed by atoms with Gasteiger partial charge in [0.25, 0.3) is 5.91 Å². The third kappa shape index (κ3) is 4.15. The van der Waals surface area contributed by atoms with E-state index in [4.69, 9.17) is 21.7 Å². The van der Waals surface area contributed by atoms with E-state index in [1.807, 2.05) is 36.6 Å². The summed E-state index contributed by atoms with van der Waals surface area (Å²) in [6, 6.07) is 13.0. The van der Waals surface area contributed by atoms with Gasteiger partial charge in [-0.3, -0.25) is 4.79 Å². The third-order valence-electron chi connectivity index (χ3n) is 4.49. The number of rotatable bonds is 5. The zero-order valence-electron chi connectivity index (χ0n) is 16.0. The summed E-state index contributed by atoms with van der Waals surface area (Å²) in [6.45, 7) is 0.736. The van der Waals surface area contributed by atoms with Crippen LogP contribution in [-0.2, 0) is 6.42 Å². The average Bonchev–Trinajstić information content (AvgIpc) is 2.75. The largest absolute Gasteiger partial charge is 0.493 e. The smallest absolute Gasteiger partial charge is 0.255 e. The van der Waals surface area contributed by atoms with Gasteiger partial charge in [0.15, 0.2) is 11.5 Å². The molecule has 0 spiro atoms. The minimum atomic E-state index is -0.200. The summed E-state index contributed by atoms with van der Waals surface area (Å²) in [5, 5.41) is 6.41. The minimum absolute atomic E-state index is 0.200. The molecule has 0 bridgehead atoms. The highest BCUT2D eigenvalue weighted by Crippen LogP contribution is 2.36. The number of fused-ring (bicyclic) bond motifs is 1. The molecule has 0 aromatic heterocycles. The molecule has 0 atom stereocenters. The van der Waals surface area contributed by atoms with Crippen LogP contribution < -0.4 is 20.1 Å². The van der Waals surface area contributed by atoms with Crippen molar-refractivity contribution in [1.82, 2.24) is 10.6 Å². The highest BCUT2D eigenvalue weighted by molar-refractivity contribution is 8.23. The van der Waals surface area contributed by atoms with E-state index in [1.165, 1.54) is 11.8 Å². The number of hydrogen-bond acceptors (Lipinski definition) is 6. The van der Waals surface area contributed by atoms with Crippen LogP contribution in [-0.4, -0.2) is 37.1 Å². The first-order chi connectivity index (χ1) is 13.6. The molecule has 0 radical (unpaired) electrons. The van der Waals surface area contributed by atoms with Crippen molar-refractivity contribution < 1.29 is 14.3 Å². The monoisotopic (exact) mass is 414 g/mol. The number of ether oxygens (including phenoxy) is 2. The molecule has 2 aromatic carbocycles. The summed E-state index contributed by atoms with van der Waals surface area (Å²) >= 11 is 6.98. The van der Waals surface area contributed by atoms with Gasteiger partial charge in [0.05, 0.1) is 29.8 Å². The second-order valence-electron chi connectivity index (χ2n) is 6.10. The van der Waals surface area contributed by atoms with Crippen molar-refractivity contribution in [2.45, 2.75) is 6.42 Å². The molecule has 0 aliphatic carbocycles. The Balaban J connectivity index is 2.09. The summed E-state index contributed by atoms with van der Waals surface area (Å²) < 4.78 is 11.5. The highest BCUT2D eigenvalue weighted by Gasteiger charge is 2.24. The van der Waals surface area contributed by atoms with Crippen LogP contribution in [0.2, 0.25) is 0 Å². The van der Waals surface area contributed by atoms with Crippen LogP contribution in [0, 0.1) is 0 Å². The van der Waals surface area contributed by atoms with Crippen LogP contribution >= 0.6 is 24.0 Å². The molecule has 1 aliphatic rings. The van der Waals surface area contributed by atoms with Crippen molar-refractivity contribution in [3.63, 3.8) is 0 Å². The molecule has 1 heterocycles. The standard InChI is InChI=1S/C21H22N2O3S2/c1-25-16-11-14-9-10-22-18(15(14)12-17(16)26-2)19(21(27)28-3)23-20(24)13-7-5-4-6-8-13/h4-8,11-12,22H,9-10H2,1-3H3,(H,23,24)/b19-18+. The Morgan fingerprint density at radius 2 is 1.82 bits per heavy atom. The van der Waals surface area contributed by atoms with Crippen molar-refractivity contribution in [2.24, 2.45) is 0 Å². The van der Waals surface area contributed by atoms with Crippen LogP contribution in [0.4, 0.5) is 0 Å². The van der Waals surface area contributed by atoms with Crippen LogP contribution in [0.15, 0.2) is 48.2 Å². The molecular weight excluding hydrogens is 392 g/mol. The fourth-order valence-electron chi connectivity index (χ4n) is 3.09. The van der Waals surface area contributed by atoms with E-state index in [0.717, 1.165) is 29.8 Å². The lowest BCUT2D eigenvalue weighted by molar-refractivity contribution is 0.0968. The first-order valence-corrected chi connectivity index (χ1v) is 10.4. The maximum Gasteiger partial charge on any atom is 0.255 e. The molecule has 1 amide bonds. The second-order valence-corrected chi connectivity index (χ2v) is 7.59. The fraction of sp³-hybridized carbons (Fsp3) is 0.238. The third-order valence-corrected chi connectivity index (χ3v) is 5.77.